The van der Waals surface area contributed by atoms with E-state index in [1.54, 1.807) is 25.2 Å². The lowest BCUT2D eigenvalue weighted by atomic mass is 9.97. The van der Waals surface area contributed by atoms with Gasteiger partial charge in [-0.25, -0.2) is 4.79 Å². The number of ketones is 1. The first-order valence-electron chi connectivity index (χ1n) is 11.0. The molecule has 2 heterocycles. The van der Waals surface area contributed by atoms with E-state index in [2.05, 4.69) is 16.0 Å². The standard InChI is InChI=1S/C24H29N3O5S/c1-15(2)20(27-24(31)32-12-16-6-4-3-5-7-16)22(29)26-19-9-8-17-13-33-14-18(17)10-11-25-23(30)21(19)28/h3-7,13-15,19-20H,8-12H2,1-2H3,(H,25,30)(H,26,29)(H,27,31). The normalized spacial score (nSPS) is 17.5. The van der Waals surface area contributed by atoms with Gasteiger partial charge in [0.1, 0.15) is 12.6 Å². The van der Waals surface area contributed by atoms with E-state index in [0.29, 0.717) is 25.8 Å². The quantitative estimate of drug-likeness (QED) is 0.560. The zero-order chi connectivity index (χ0) is 23.8. The van der Waals surface area contributed by atoms with Gasteiger partial charge < -0.3 is 20.7 Å². The van der Waals surface area contributed by atoms with E-state index < -0.39 is 35.8 Å². The van der Waals surface area contributed by atoms with E-state index in [9.17, 15) is 19.2 Å². The molecule has 1 aliphatic heterocycles. The Kier molecular flexibility index (Phi) is 8.59. The summed E-state index contributed by atoms with van der Waals surface area (Å²) >= 11 is 1.58. The van der Waals surface area contributed by atoms with Gasteiger partial charge in [0, 0.05) is 6.54 Å². The van der Waals surface area contributed by atoms with Crippen LogP contribution in [0.1, 0.15) is 37.0 Å². The van der Waals surface area contributed by atoms with E-state index in [4.69, 9.17) is 4.74 Å². The first kappa shape index (κ1) is 24.4. The summed E-state index contributed by atoms with van der Waals surface area (Å²) in [6, 6.07) is 7.30. The van der Waals surface area contributed by atoms with Crippen molar-refractivity contribution >= 4 is 35.0 Å². The van der Waals surface area contributed by atoms with E-state index in [1.165, 1.54) is 0 Å². The van der Waals surface area contributed by atoms with Crippen molar-refractivity contribution in [3.8, 4) is 0 Å². The minimum absolute atomic E-state index is 0.0728. The van der Waals surface area contributed by atoms with Crippen LogP contribution in [0, 0.1) is 5.92 Å². The molecule has 3 N–H and O–H groups in total. The molecule has 3 rings (SSSR count). The number of carbonyl (C=O) groups excluding carboxylic acids is 4. The van der Waals surface area contributed by atoms with Crippen LogP contribution in [-0.2, 0) is 38.6 Å². The molecule has 3 amide bonds. The lowest BCUT2D eigenvalue weighted by Crippen LogP contribution is -2.55. The topological polar surface area (TPSA) is 114 Å². The zero-order valence-corrected chi connectivity index (χ0v) is 19.6. The van der Waals surface area contributed by atoms with E-state index in [1.807, 2.05) is 41.1 Å². The first-order chi connectivity index (χ1) is 15.8. The Hall–Kier alpha value is -3.20. The summed E-state index contributed by atoms with van der Waals surface area (Å²) in [5, 5.41) is 12.0. The molecule has 0 saturated heterocycles. The number of nitrogens with one attached hydrogen (secondary N) is 3. The number of benzene rings is 1. The van der Waals surface area contributed by atoms with Crippen molar-refractivity contribution in [2.24, 2.45) is 5.92 Å². The Labute approximate surface area is 197 Å². The largest absolute Gasteiger partial charge is 0.445 e. The van der Waals surface area contributed by atoms with Crippen molar-refractivity contribution in [2.45, 2.75) is 51.8 Å². The molecular weight excluding hydrogens is 442 g/mol. The molecule has 1 aromatic heterocycles. The van der Waals surface area contributed by atoms with Gasteiger partial charge in [-0.05, 0) is 52.6 Å². The minimum Gasteiger partial charge on any atom is -0.445 e. The SMILES string of the molecule is CC(C)C(NC(=O)OCc1ccccc1)C(=O)NC1CCc2cscc2CCNC(=O)C1=O. The maximum absolute atomic E-state index is 13.0. The van der Waals surface area contributed by atoms with Crippen molar-refractivity contribution in [2.75, 3.05) is 6.54 Å². The number of alkyl carbamates (subject to hydrolysis) is 1. The van der Waals surface area contributed by atoms with Gasteiger partial charge in [-0.3, -0.25) is 14.4 Å². The fourth-order valence-electron chi connectivity index (χ4n) is 3.60. The lowest BCUT2D eigenvalue weighted by molar-refractivity contribution is -0.140. The van der Waals surface area contributed by atoms with Crippen molar-refractivity contribution in [3.05, 3.63) is 57.8 Å². The van der Waals surface area contributed by atoms with Gasteiger partial charge in [0.05, 0.1) is 6.04 Å². The maximum atomic E-state index is 13.0. The average molecular weight is 472 g/mol. The summed E-state index contributed by atoms with van der Waals surface area (Å²) < 4.78 is 5.22. The Bertz CT molecular complexity index is 989. The molecule has 0 saturated carbocycles. The third-order valence-corrected chi connectivity index (χ3v) is 6.35. The van der Waals surface area contributed by atoms with Crippen LogP contribution in [0.15, 0.2) is 41.1 Å². The Morgan fingerprint density at radius 3 is 2.52 bits per heavy atom. The predicted molar refractivity (Wildman–Crippen MR) is 125 cm³/mol. The Morgan fingerprint density at radius 1 is 1.12 bits per heavy atom. The molecule has 2 aromatic rings. The maximum Gasteiger partial charge on any atom is 0.408 e. The number of hydrogen-bond acceptors (Lipinski definition) is 6. The highest BCUT2D eigenvalue weighted by Gasteiger charge is 2.32. The van der Waals surface area contributed by atoms with Crippen LogP contribution in [0.3, 0.4) is 0 Å². The van der Waals surface area contributed by atoms with E-state index >= 15 is 0 Å². The second kappa shape index (κ2) is 11.6. The third kappa shape index (κ3) is 6.89. The second-order valence-corrected chi connectivity index (χ2v) is 9.06. The number of hydrogen-bond donors (Lipinski definition) is 3. The summed E-state index contributed by atoms with van der Waals surface area (Å²) in [7, 11) is 0. The highest BCUT2D eigenvalue weighted by Crippen LogP contribution is 2.19. The highest BCUT2D eigenvalue weighted by molar-refractivity contribution is 7.08. The van der Waals surface area contributed by atoms with Gasteiger partial charge in [-0.1, -0.05) is 44.2 Å². The minimum atomic E-state index is -0.980. The summed E-state index contributed by atoms with van der Waals surface area (Å²) in [4.78, 5) is 50.3. The molecule has 0 bridgehead atoms. The summed E-state index contributed by atoms with van der Waals surface area (Å²) in [6.07, 6.45) is 0.803. The molecule has 9 heteroatoms. The fraction of sp³-hybridized carbons (Fsp3) is 0.417. The number of fused-ring (bicyclic) bond motifs is 1. The number of Topliss-reactive ketones (excluding diaryl/α,β-unsaturated/α-hetero) is 1. The molecule has 0 aliphatic carbocycles. The van der Waals surface area contributed by atoms with Crippen molar-refractivity contribution in [3.63, 3.8) is 0 Å². The molecule has 33 heavy (non-hydrogen) atoms. The summed E-state index contributed by atoms with van der Waals surface area (Å²) in [6.45, 7) is 3.99. The smallest absolute Gasteiger partial charge is 0.408 e. The van der Waals surface area contributed by atoms with Gasteiger partial charge in [-0.2, -0.15) is 11.3 Å². The van der Waals surface area contributed by atoms with E-state index in [-0.39, 0.29) is 12.5 Å². The van der Waals surface area contributed by atoms with Gasteiger partial charge in [0.15, 0.2) is 0 Å². The van der Waals surface area contributed by atoms with Crippen LogP contribution in [-0.4, -0.2) is 42.3 Å². The van der Waals surface area contributed by atoms with Crippen molar-refractivity contribution < 1.29 is 23.9 Å². The van der Waals surface area contributed by atoms with E-state index in [0.717, 1.165) is 16.7 Å². The number of rotatable bonds is 6. The number of aryl methyl sites for hydroxylation is 1. The predicted octanol–water partition coefficient (Wildman–Crippen LogP) is 2.36. The highest BCUT2D eigenvalue weighted by atomic mass is 32.1. The lowest BCUT2D eigenvalue weighted by Gasteiger charge is -2.25. The number of carbonyl (C=O) groups is 4. The first-order valence-corrected chi connectivity index (χ1v) is 11.9. The number of ether oxygens (including phenoxy) is 1. The van der Waals surface area contributed by atoms with Gasteiger partial charge in [0.25, 0.3) is 5.91 Å². The molecule has 2 unspecified atom stereocenters. The van der Waals surface area contributed by atoms with Gasteiger partial charge >= 0.3 is 6.09 Å². The molecule has 0 spiro atoms. The van der Waals surface area contributed by atoms with Crippen LogP contribution in [0.25, 0.3) is 0 Å². The average Bonchev–Trinajstić information content (AvgIpc) is 3.25. The third-order valence-electron chi connectivity index (χ3n) is 5.51. The van der Waals surface area contributed by atoms with Crippen molar-refractivity contribution in [1.29, 1.82) is 0 Å². The number of amides is 3. The van der Waals surface area contributed by atoms with Crippen LogP contribution < -0.4 is 16.0 Å². The fourth-order valence-corrected chi connectivity index (χ4v) is 4.54. The zero-order valence-electron chi connectivity index (χ0n) is 18.8. The van der Waals surface area contributed by atoms with Crippen LogP contribution in [0.5, 0.6) is 0 Å². The van der Waals surface area contributed by atoms with Crippen LogP contribution >= 0.6 is 11.3 Å². The Morgan fingerprint density at radius 2 is 1.82 bits per heavy atom. The van der Waals surface area contributed by atoms with Gasteiger partial charge in [-0.15, -0.1) is 0 Å². The molecule has 0 fully saturated rings. The Balaban J connectivity index is 1.64. The molecular formula is C24H29N3O5S. The van der Waals surface area contributed by atoms with Crippen LogP contribution in [0.2, 0.25) is 0 Å². The summed E-state index contributed by atoms with van der Waals surface area (Å²) in [5.74, 6) is -2.19. The van der Waals surface area contributed by atoms with Gasteiger partial charge in [0.2, 0.25) is 11.7 Å². The molecule has 2 atom stereocenters. The molecule has 8 nitrogen and oxygen atoms in total. The molecule has 1 aromatic carbocycles. The monoisotopic (exact) mass is 471 g/mol. The second-order valence-electron chi connectivity index (χ2n) is 8.32. The molecule has 0 radical (unpaired) electrons. The molecule has 176 valence electrons. The van der Waals surface area contributed by atoms with Crippen LogP contribution in [0.4, 0.5) is 4.79 Å². The number of thiophene rings is 1. The summed E-state index contributed by atoms with van der Waals surface area (Å²) in [5.41, 5.74) is 3.08. The molecule has 1 aliphatic rings. The van der Waals surface area contributed by atoms with Crippen molar-refractivity contribution in [1.82, 2.24) is 16.0 Å².